The van der Waals surface area contributed by atoms with Crippen LogP contribution in [0.15, 0.2) is 0 Å². The van der Waals surface area contributed by atoms with Gasteiger partial charge in [0.1, 0.15) is 0 Å². The van der Waals surface area contributed by atoms with Crippen LogP contribution in [0.2, 0.25) is 0 Å². The zero-order valence-electron chi connectivity index (χ0n) is 6.38. The van der Waals surface area contributed by atoms with Crippen molar-refractivity contribution in [2.45, 2.75) is 32.6 Å². The van der Waals surface area contributed by atoms with Crippen LogP contribution in [0.1, 0.15) is 32.6 Å². The number of thiol groups is 1. The van der Waals surface area contributed by atoms with Crippen LogP contribution in [-0.2, 0) is 0 Å². The molecule has 0 atom stereocenters. The predicted octanol–water partition coefficient (Wildman–Crippen LogP) is 1.98. The molecule has 0 aromatic heterocycles. The topological polar surface area (TPSA) is 40.5 Å². The summed E-state index contributed by atoms with van der Waals surface area (Å²) >= 11 is 3.71. The minimum atomic E-state index is -3.01. The van der Waals surface area contributed by atoms with E-state index >= 15 is 0 Å². The molecule has 0 spiro atoms. The van der Waals surface area contributed by atoms with E-state index in [0.717, 1.165) is 12.8 Å². The van der Waals surface area contributed by atoms with Crippen LogP contribution in [0.3, 0.4) is 0 Å². The molecule has 0 radical (unpaired) electrons. The Bertz CT molecular complexity index is 82.3. The van der Waals surface area contributed by atoms with Gasteiger partial charge in [0.05, 0.1) is 0 Å². The molecule has 0 aromatic rings. The van der Waals surface area contributed by atoms with Gasteiger partial charge in [-0.15, -0.1) is 0 Å². The van der Waals surface area contributed by atoms with Crippen LogP contribution in [0, 0.1) is 0 Å². The second-order valence-corrected chi connectivity index (χ2v) is 6.78. The van der Waals surface area contributed by atoms with E-state index in [1.165, 1.54) is 12.8 Å². The molecule has 2 nitrogen and oxygen atoms in total. The fourth-order valence-corrected chi connectivity index (χ4v) is 1.99. The summed E-state index contributed by atoms with van der Waals surface area (Å²) in [4.78, 5) is 17.8. The van der Waals surface area contributed by atoms with Crippen LogP contribution < -0.4 is 0 Å². The summed E-state index contributed by atoms with van der Waals surface area (Å²) in [5.74, 6) is 0. The fraction of sp³-hybridized carbons (Fsp3) is 1.00. The summed E-state index contributed by atoms with van der Waals surface area (Å²) in [5.41, 5.74) is 0. The second-order valence-electron chi connectivity index (χ2n) is 2.59. The summed E-state index contributed by atoms with van der Waals surface area (Å²) in [5, 5.41) is 0. The van der Waals surface area contributed by atoms with Gasteiger partial charge >= 0.3 is 67.7 Å². The van der Waals surface area contributed by atoms with Gasteiger partial charge in [0.2, 0.25) is 0 Å². The molecule has 4 heteroatoms. The maximum absolute atomic E-state index is 8.88. The van der Waals surface area contributed by atoms with Gasteiger partial charge in [0, 0.05) is 0 Å². The van der Waals surface area contributed by atoms with Crippen LogP contribution >= 0.6 is 19.2 Å². The molecule has 2 N–H and O–H groups in total. The van der Waals surface area contributed by atoms with E-state index < -0.39 is 6.92 Å². The Hall–Kier alpha value is 0.700. The Morgan fingerprint density at radius 3 is 2.20 bits per heavy atom. The van der Waals surface area contributed by atoms with Crippen molar-refractivity contribution in [1.82, 2.24) is 0 Å². The van der Waals surface area contributed by atoms with E-state index in [1.807, 2.05) is 0 Å². The Kier molecular flexibility index (Phi) is 5.74. The molecule has 0 aliphatic carbocycles. The quantitative estimate of drug-likeness (QED) is 0.347. The number of unbranched alkanes of at least 4 members (excludes halogenated alkanes) is 3. The zero-order chi connectivity index (χ0) is 8.04. The molecule has 0 unspecified atom stereocenters. The molecule has 10 heavy (non-hydrogen) atoms. The first kappa shape index (κ1) is 10.7. The fourth-order valence-electron chi connectivity index (χ4n) is 0.789. The third-order valence-electron chi connectivity index (χ3n) is 1.37. The molecule has 64 valence electrons. The van der Waals surface area contributed by atoms with Crippen molar-refractivity contribution in [3.8, 4) is 0 Å². The molecule has 0 heterocycles. The van der Waals surface area contributed by atoms with Crippen LogP contribution in [-0.4, -0.2) is 15.9 Å². The number of hydrogen-bond acceptors (Lipinski definition) is 3. The van der Waals surface area contributed by atoms with Gasteiger partial charge in [0.25, 0.3) is 0 Å². The SMILES string of the molecule is CCCCCC[PH](O)(O)S. The first-order chi connectivity index (χ1) is 4.56. The average Bonchev–Trinajstić information content (AvgIpc) is 1.78. The maximum atomic E-state index is 8.88. The molecule has 0 amide bonds. The zero-order valence-corrected chi connectivity index (χ0v) is 8.27. The summed E-state index contributed by atoms with van der Waals surface area (Å²) in [6.45, 7) is -0.885. The molecular weight excluding hydrogens is 167 g/mol. The monoisotopic (exact) mass is 184 g/mol. The van der Waals surface area contributed by atoms with E-state index in [2.05, 4.69) is 19.2 Å². The first-order valence-corrected chi connectivity index (χ1v) is 7.12. The minimum absolute atomic E-state index is 0.496. The van der Waals surface area contributed by atoms with Gasteiger partial charge in [0.15, 0.2) is 0 Å². The third-order valence-corrected chi connectivity index (χ3v) is 3.06. The van der Waals surface area contributed by atoms with Gasteiger partial charge in [-0.3, -0.25) is 0 Å². The van der Waals surface area contributed by atoms with Crippen molar-refractivity contribution in [3.63, 3.8) is 0 Å². The van der Waals surface area contributed by atoms with Gasteiger partial charge in [-0.05, 0) is 0 Å². The molecule has 0 saturated carbocycles. The molecule has 0 aliphatic rings. The average molecular weight is 184 g/mol. The van der Waals surface area contributed by atoms with Crippen molar-refractivity contribution in [2.24, 2.45) is 0 Å². The third kappa shape index (κ3) is 8.70. The van der Waals surface area contributed by atoms with Gasteiger partial charge in [-0.2, -0.15) is 0 Å². The Morgan fingerprint density at radius 1 is 1.20 bits per heavy atom. The molecule has 0 bridgehead atoms. The molecule has 0 fully saturated rings. The first-order valence-electron chi connectivity index (χ1n) is 3.73. The normalized spacial score (nSPS) is 13.6. The molecular formula is C6H17O2PS. The Morgan fingerprint density at radius 2 is 1.80 bits per heavy atom. The van der Waals surface area contributed by atoms with Crippen molar-refractivity contribution in [2.75, 3.05) is 6.16 Å². The van der Waals surface area contributed by atoms with Gasteiger partial charge in [-0.1, -0.05) is 0 Å². The summed E-state index contributed by atoms with van der Waals surface area (Å²) in [7, 11) is 0. The standard InChI is InChI=1S/C6H17O2PS/c1-2-3-4-5-6-9(7,8)10/h7-10H,2-6H2,1H3. The molecule has 0 saturated heterocycles. The van der Waals surface area contributed by atoms with E-state index in [0.29, 0.717) is 6.16 Å². The Labute approximate surface area is 68.3 Å². The van der Waals surface area contributed by atoms with Crippen molar-refractivity contribution in [1.29, 1.82) is 0 Å². The van der Waals surface area contributed by atoms with E-state index in [1.54, 1.807) is 0 Å². The van der Waals surface area contributed by atoms with Crippen LogP contribution in [0.4, 0.5) is 0 Å². The summed E-state index contributed by atoms with van der Waals surface area (Å²) in [6.07, 6.45) is 4.84. The molecule has 0 aliphatic heterocycles. The summed E-state index contributed by atoms with van der Waals surface area (Å²) in [6, 6.07) is 0. The molecule has 0 rings (SSSR count). The van der Waals surface area contributed by atoms with Crippen LogP contribution in [0.5, 0.6) is 0 Å². The van der Waals surface area contributed by atoms with E-state index in [9.17, 15) is 0 Å². The van der Waals surface area contributed by atoms with Crippen LogP contribution in [0.25, 0.3) is 0 Å². The number of rotatable bonds is 5. The molecule has 0 aromatic carbocycles. The van der Waals surface area contributed by atoms with Crippen molar-refractivity contribution in [3.05, 3.63) is 0 Å². The summed E-state index contributed by atoms with van der Waals surface area (Å²) < 4.78 is 0. The van der Waals surface area contributed by atoms with Crippen molar-refractivity contribution >= 4 is 19.2 Å². The van der Waals surface area contributed by atoms with E-state index in [-0.39, 0.29) is 0 Å². The predicted molar refractivity (Wildman–Crippen MR) is 50.7 cm³/mol. The Balaban J connectivity index is 3.04. The number of hydrogen-bond donors (Lipinski definition) is 3. The van der Waals surface area contributed by atoms with E-state index in [4.69, 9.17) is 9.79 Å². The van der Waals surface area contributed by atoms with Crippen molar-refractivity contribution < 1.29 is 9.79 Å². The van der Waals surface area contributed by atoms with Gasteiger partial charge < -0.3 is 0 Å². The second kappa shape index (κ2) is 5.36. The van der Waals surface area contributed by atoms with Gasteiger partial charge in [-0.25, -0.2) is 0 Å².